The van der Waals surface area contributed by atoms with E-state index in [1.54, 1.807) is 29.3 Å². The van der Waals surface area contributed by atoms with Gasteiger partial charge in [-0.05, 0) is 52.6 Å². The first kappa shape index (κ1) is 24.4. The van der Waals surface area contributed by atoms with E-state index in [9.17, 15) is 9.59 Å². The van der Waals surface area contributed by atoms with Crippen LogP contribution in [-0.4, -0.2) is 16.8 Å². The van der Waals surface area contributed by atoms with Gasteiger partial charge in [-0.1, -0.05) is 84.4 Å². The molecule has 3 N–H and O–H groups in total. The third kappa shape index (κ3) is 4.51. The first-order valence-corrected chi connectivity index (χ1v) is 12.8. The van der Waals surface area contributed by atoms with Gasteiger partial charge in [-0.3, -0.25) is 9.59 Å². The molecule has 0 bridgehead atoms. The van der Waals surface area contributed by atoms with E-state index in [-0.39, 0.29) is 5.91 Å². The highest BCUT2D eigenvalue weighted by Crippen LogP contribution is 2.39. The fourth-order valence-electron chi connectivity index (χ4n) is 4.96. The van der Waals surface area contributed by atoms with Gasteiger partial charge in [-0.2, -0.15) is 0 Å². The van der Waals surface area contributed by atoms with E-state index in [1.807, 2.05) is 84.9 Å². The number of nitrogens with one attached hydrogen (secondary N) is 1. The smallest absolute Gasteiger partial charge is 0.260 e. The first-order chi connectivity index (χ1) is 19.0. The number of para-hydroxylation sites is 2. The number of carbonyl (C=O) groups is 2. The fraction of sp³-hybridized carbons (Fsp3) is 0.0312. The van der Waals surface area contributed by atoms with Gasteiger partial charge in [0.25, 0.3) is 5.91 Å². The number of pyridine rings is 1. The molecular weight excluding hydrogens is 508 g/mol. The molecule has 39 heavy (non-hydrogen) atoms. The molecule has 0 radical (unpaired) electrons. The lowest BCUT2D eigenvalue weighted by Crippen LogP contribution is -2.30. The number of fused-ring (bicyclic) bond motifs is 2. The number of nitrogens with two attached hydrogens (primary N) is 1. The number of benzene rings is 4. The molecule has 0 saturated heterocycles. The van der Waals surface area contributed by atoms with Gasteiger partial charge in [-0.25, -0.2) is 4.98 Å². The fourth-order valence-corrected chi connectivity index (χ4v) is 5.22. The Morgan fingerprint density at radius 1 is 0.821 bits per heavy atom. The van der Waals surface area contributed by atoms with Crippen LogP contribution in [0.5, 0.6) is 0 Å². The van der Waals surface area contributed by atoms with Gasteiger partial charge in [0.2, 0.25) is 5.91 Å². The van der Waals surface area contributed by atoms with Crippen LogP contribution in [0.3, 0.4) is 0 Å². The molecule has 0 saturated carbocycles. The largest absolute Gasteiger partial charge is 0.366 e. The molecule has 0 fully saturated rings. The zero-order valence-corrected chi connectivity index (χ0v) is 21.5. The van der Waals surface area contributed by atoms with E-state index in [4.69, 9.17) is 17.3 Å². The number of hydrogen-bond donors (Lipinski definition) is 2. The minimum Gasteiger partial charge on any atom is -0.366 e. The highest BCUT2D eigenvalue weighted by atomic mass is 35.5. The van der Waals surface area contributed by atoms with Gasteiger partial charge in [0.1, 0.15) is 5.82 Å². The number of anilines is 3. The number of nitrogens with zero attached hydrogens (tertiary/aromatic N) is 2. The lowest BCUT2D eigenvalue weighted by Gasteiger charge is -2.24. The van der Waals surface area contributed by atoms with Crippen molar-refractivity contribution in [3.63, 3.8) is 0 Å². The molecule has 7 heteroatoms. The van der Waals surface area contributed by atoms with Crippen molar-refractivity contribution in [2.45, 2.75) is 6.54 Å². The van der Waals surface area contributed by atoms with E-state index < -0.39 is 5.91 Å². The maximum absolute atomic E-state index is 14.3. The molecule has 2 heterocycles. The van der Waals surface area contributed by atoms with Crippen molar-refractivity contribution in [2.24, 2.45) is 5.73 Å². The number of primary amides is 1. The van der Waals surface area contributed by atoms with E-state index in [2.05, 4.69) is 10.3 Å². The molecule has 5 aromatic rings. The van der Waals surface area contributed by atoms with Crippen molar-refractivity contribution in [3.05, 3.63) is 131 Å². The average molecular weight is 531 g/mol. The molecule has 2 amide bonds. The van der Waals surface area contributed by atoms with Gasteiger partial charge in [-0.15, -0.1) is 0 Å². The monoisotopic (exact) mass is 530 g/mol. The maximum Gasteiger partial charge on any atom is 0.260 e. The Bertz CT molecular complexity index is 1740. The summed E-state index contributed by atoms with van der Waals surface area (Å²) in [5.41, 5.74) is 11.7. The van der Waals surface area contributed by atoms with Crippen molar-refractivity contribution in [1.29, 1.82) is 0 Å². The Kier molecular flexibility index (Phi) is 6.31. The third-order valence-corrected chi connectivity index (χ3v) is 7.14. The molecule has 0 atom stereocenters. The summed E-state index contributed by atoms with van der Waals surface area (Å²) >= 11 is 6.72. The van der Waals surface area contributed by atoms with Gasteiger partial charge in [0.15, 0.2) is 0 Å². The first-order valence-electron chi connectivity index (χ1n) is 12.4. The second-order valence-electron chi connectivity index (χ2n) is 9.20. The molecular formula is C32H23ClN4O2. The highest BCUT2D eigenvalue weighted by molar-refractivity contribution is 6.35. The maximum atomic E-state index is 14.3. The summed E-state index contributed by atoms with van der Waals surface area (Å²) in [7, 11) is 0. The van der Waals surface area contributed by atoms with Crippen LogP contribution in [0.1, 0.15) is 26.3 Å². The lowest BCUT2D eigenvalue weighted by atomic mass is 9.92. The summed E-state index contributed by atoms with van der Waals surface area (Å²) in [6, 6.07) is 31.7. The number of rotatable bonds is 4. The van der Waals surface area contributed by atoms with Crippen LogP contribution in [0.2, 0.25) is 5.02 Å². The molecule has 1 aliphatic heterocycles. The third-order valence-electron chi connectivity index (χ3n) is 6.82. The number of amides is 2. The molecule has 190 valence electrons. The van der Waals surface area contributed by atoms with Crippen molar-refractivity contribution < 1.29 is 9.59 Å². The molecule has 4 aromatic carbocycles. The summed E-state index contributed by atoms with van der Waals surface area (Å²) in [6.07, 6.45) is 1.72. The molecule has 1 aliphatic rings. The van der Waals surface area contributed by atoms with E-state index in [1.165, 1.54) is 0 Å². The molecule has 6 rings (SSSR count). The Hall–Kier alpha value is -4.94. The van der Waals surface area contributed by atoms with Crippen LogP contribution in [-0.2, 0) is 6.54 Å². The van der Waals surface area contributed by atoms with Crippen LogP contribution >= 0.6 is 11.6 Å². The lowest BCUT2D eigenvalue weighted by molar-refractivity contribution is 0.0983. The molecule has 1 aromatic heterocycles. The van der Waals surface area contributed by atoms with E-state index in [0.29, 0.717) is 45.3 Å². The van der Waals surface area contributed by atoms with Crippen LogP contribution < -0.4 is 16.0 Å². The van der Waals surface area contributed by atoms with E-state index >= 15 is 0 Å². The summed E-state index contributed by atoms with van der Waals surface area (Å²) < 4.78 is 0. The predicted molar refractivity (Wildman–Crippen MR) is 155 cm³/mol. The van der Waals surface area contributed by atoms with Crippen LogP contribution in [0.15, 0.2) is 109 Å². The highest BCUT2D eigenvalue weighted by Gasteiger charge is 2.29. The van der Waals surface area contributed by atoms with Crippen LogP contribution in [0.25, 0.3) is 22.3 Å². The predicted octanol–water partition coefficient (Wildman–Crippen LogP) is 7.07. The summed E-state index contributed by atoms with van der Waals surface area (Å²) in [5, 5.41) is 3.66. The van der Waals surface area contributed by atoms with Crippen LogP contribution in [0, 0.1) is 0 Å². The standard InChI is InChI=1S/C32H23ClN4O2/c33-26-12-6-11-24(21-15-16-23(25(18-21)30(34)38)20-8-2-1-3-9-20)29(26)32(39)37-19-22-10-7-17-35-31(22)36-27-13-4-5-14-28(27)37/h1-18H,19H2,(H2,34,38)(H,35,36). The minimum absolute atomic E-state index is 0.269. The molecule has 0 unspecified atom stereocenters. The van der Waals surface area contributed by atoms with Gasteiger partial charge in [0, 0.05) is 17.3 Å². The van der Waals surface area contributed by atoms with Crippen molar-refractivity contribution in [1.82, 2.24) is 4.98 Å². The van der Waals surface area contributed by atoms with Crippen molar-refractivity contribution in [2.75, 3.05) is 10.2 Å². The Labute approximate surface area is 230 Å². The quantitative estimate of drug-likeness (QED) is 0.260. The van der Waals surface area contributed by atoms with Gasteiger partial charge < -0.3 is 16.0 Å². The molecule has 0 spiro atoms. The SMILES string of the molecule is NC(=O)c1cc(-c2cccc(Cl)c2C(=O)N2Cc3cccnc3Nc3ccccc32)ccc1-c1ccccc1. The van der Waals surface area contributed by atoms with Crippen molar-refractivity contribution >= 4 is 40.6 Å². The molecule has 6 nitrogen and oxygen atoms in total. The number of carbonyl (C=O) groups excluding carboxylic acids is 2. The summed E-state index contributed by atoms with van der Waals surface area (Å²) in [4.78, 5) is 33.0. The van der Waals surface area contributed by atoms with Crippen molar-refractivity contribution in [3.8, 4) is 22.3 Å². The average Bonchev–Trinajstić information content (AvgIpc) is 3.14. The Morgan fingerprint density at radius 2 is 1.62 bits per heavy atom. The minimum atomic E-state index is -0.553. The summed E-state index contributed by atoms with van der Waals surface area (Å²) in [5.74, 6) is -0.126. The second kappa shape index (κ2) is 10.1. The zero-order chi connectivity index (χ0) is 26.9. The van der Waals surface area contributed by atoms with E-state index in [0.717, 1.165) is 22.4 Å². The second-order valence-corrected chi connectivity index (χ2v) is 9.60. The summed E-state index contributed by atoms with van der Waals surface area (Å²) in [6.45, 7) is 0.302. The number of hydrogen-bond acceptors (Lipinski definition) is 4. The topological polar surface area (TPSA) is 88.3 Å². The molecule has 0 aliphatic carbocycles. The van der Waals surface area contributed by atoms with Crippen LogP contribution in [0.4, 0.5) is 17.2 Å². The zero-order valence-electron chi connectivity index (χ0n) is 20.8. The van der Waals surface area contributed by atoms with Gasteiger partial charge >= 0.3 is 0 Å². The Balaban J connectivity index is 1.49. The Morgan fingerprint density at radius 3 is 2.44 bits per heavy atom. The normalized spacial score (nSPS) is 12.1. The number of aromatic nitrogens is 1. The van der Waals surface area contributed by atoms with Gasteiger partial charge in [0.05, 0.1) is 28.5 Å². The number of halogens is 1.